The molecule has 0 unspecified atom stereocenters. The number of amides is 1. The minimum Gasteiger partial charge on any atom is -0.299 e. The van der Waals surface area contributed by atoms with Crippen molar-refractivity contribution >= 4 is 11.6 Å². The van der Waals surface area contributed by atoms with Crippen LogP contribution in [0, 0.1) is 12.8 Å². The number of carbonyl (C=O) groups is 1. The Kier molecular flexibility index (Phi) is 3.51. The largest absolute Gasteiger partial charge is 0.299 e. The molecule has 3 nitrogen and oxygen atoms in total. The lowest BCUT2D eigenvalue weighted by Crippen LogP contribution is -2.32. The molecule has 0 atom stereocenters. The van der Waals surface area contributed by atoms with Gasteiger partial charge in [0.05, 0.1) is 5.69 Å². The fourth-order valence-electron chi connectivity index (χ4n) is 1.00. The number of aryl methyl sites for hydroxylation is 1. The van der Waals surface area contributed by atoms with Gasteiger partial charge in [-0.15, -0.1) is 0 Å². The number of nitrogens with one attached hydrogen (secondary N) is 2. The molecule has 1 aromatic rings. The first-order valence-corrected chi connectivity index (χ1v) is 4.72. The third-order valence-electron chi connectivity index (χ3n) is 1.87. The minimum atomic E-state index is -0.00786. The summed E-state index contributed by atoms with van der Waals surface area (Å²) in [6.07, 6.45) is 0. The average Bonchev–Trinajstić information content (AvgIpc) is 2.14. The fourth-order valence-corrected chi connectivity index (χ4v) is 1.00. The predicted octanol–water partition coefficient (Wildman–Crippen LogP) is 2.09. The first kappa shape index (κ1) is 10.6. The molecule has 0 fully saturated rings. The molecule has 2 N–H and O–H groups in total. The maximum absolute atomic E-state index is 11.2. The van der Waals surface area contributed by atoms with Crippen molar-refractivity contribution in [1.29, 1.82) is 0 Å². The van der Waals surface area contributed by atoms with E-state index in [9.17, 15) is 4.79 Å². The second-order valence-electron chi connectivity index (χ2n) is 3.64. The lowest BCUT2D eigenvalue weighted by molar-refractivity contribution is -0.123. The Labute approximate surface area is 84.5 Å². The van der Waals surface area contributed by atoms with Gasteiger partial charge in [-0.1, -0.05) is 26.0 Å². The maximum Gasteiger partial charge on any atom is 0.240 e. The number of benzene rings is 1. The summed E-state index contributed by atoms with van der Waals surface area (Å²) >= 11 is 0. The monoisotopic (exact) mass is 192 g/mol. The van der Waals surface area contributed by atoms with E-state index in [4.69, 9.17) is 0 Å². The van der Waals surface area contributed by atoms with Gasteiger partial charge in [0.1, 0.15) is 0 Å². The van der Waals surface area contributed by atoms with Gasteiger partial charge in [-0.05, 0) is 24.6 Å². The highest BCUT2D eigenvalue weighted by Gasteiger charge is 2.04. The highest BCUT2D eigenvalue weighted by Crippen LogP contribution is 2.07. The third kappa shape index (κ3) is 3.09. The Balaban J connectivity index is 2.50. The quantitative estimate of drug-likeness (QED) is 0.720. The van der Waals surface area contributed by atoms with Crippen molar-refractivity contribution in [2.75, 3.05) is 5.43 Å². The molecular weight excluding hydrogens is 176 g/mol. The molecule has 0 aliphatic carbocycles. The molecule has 0 spiro atoms. The maximum atomic E-state index is 11.2. The number of hydrogen-bond donors (Lipinski definition) is 2. The van der Waals surface area contributed by atoms with Gasteiger partial charge in [0.15, 0.2) is 0 Å². The van der Waals surface area contributed by atoms with E-state index in [1.807, 2.05) is 45.0 Å². The minimum absolute atomic E-state index is 0.00712. The van der Waals surface area contributed by atoms with E-state index >= 15 is 0 Å². The zero-order chi connectivity index (χ0) is 10.6. The van der Waals surface area contributed by atoms with Crippen molar-refractivity contribution in [3.8, 4) is 0 Å². The van der Waals surface area contributed by atoms with E-state index < -0.39 is 0 Å². The summed E-state index contributed by atoms with van der Waals surface area (Å²) in [4.78, 5) is 11.2. The van der Waals surface area contributed by atoms with E-state index in [1.165, 1.54) is 0 Å². The van der Waals surface area contributed by atoms with Crippen LogP contribution in [0.2, 0.25) is 0 Å². The molecule has 0 saturated heterocycles. The van der Waals surface area contributed by atoms with Crippen molar-refractivity contribution in [3.05, 3.63) is 29.8 Å². The summed E-state index contributed by atoms with van der Waals surface area (Å²) in [5.74, 6) is -0.0150. The first-order chi connectivity index (χ1) is 6.59. The van der Waals surface area contributed by atoms with E-state index in [0.717, 1.165) is 11.3 Å². The molecular formula is C11H16N2O. The first-order valence-electron chi connectivity index (χ1n) is 4.72. The molecule has 0 bridgehead atoms. The van der Waals surface area contributed by atoms with Crippen molar-refractivity contribution in [2.24, 2.45) is 5.92 Å². The third-order valence-corrected chi connectivity index (χ3v) is 1.87. The summed E-state index contributed by atoms with van der Waals surface area (Å²) in [6, 6.07) is 7.84. The SMILES string of the molecule is Cc1cccc(NNC(=O)C(C)C)c1. The van der Waals surface area contributed by atoms with Gasteiger partial charge in [0, 0.05) is 5.92 Å². The predicted molar refractivity (Wildman–Crippen MR) is 57.8 cm³/mol. The number of hydrogen-bond acceptors (Lipinski definition) is 2. The van der Waals surface area contributed by atoms with Gasteiger partial charge in [-0.25, -0.2) is 0 Å². The van der Waals surface area contributed by atoms with Crippen LogP contribution in [0.3, 0.4) is 0 Å². The molecule has 76 valence electrons. The van der Waals surface area contributed by atoms with Gasteiger partial charge >= 0.3 is 0 Å². The Hall–Kier alpha value is -1.51. The Morgan fingerprint density at radius 2 is 2.07 bits per heavy atom. The van der Waals surface area contributed by atoms with Crippen molar-refractivity contribution in [1.82, 2.24) is 5.43 Å². The van der Waals surface area contributed by atoms with E-state index in [0.29, 0.717) is 0 Å². The van der Waals surface area contributed by atoms with Crippen LogP contribution in [0.15, 0.2) is 24.3 Å². The second-order valence-corrected chi connectivity index (χ2v) is 3.64. The molecule has 0 radical (unpaired) electrons. The molecule has 1 aromatic carbocycles. The van der Waals surface area contributed by atoms with Crippen LogP contribution in [-0.4, -0.2) is 5.91 Å². The smallest absolute Gasteiger partial charge is 0.240 e. The lowest BCUT2D eigenvalue weighted by atomic mass is 10.2. The summed E-state index contributed by atoms with van der Waals surface area (Å²) in [7, 11) is 0. The molecule has 14 heavy (non-hydrogen) atoms. The molecule has 0 saturated carbocycles. The standard InChI is InChI=1S/C11H16N2O/c1-8(2)11(14)13-12-10-6-4-5-9(3)7-10/h4-8,12H,1-3H3,(H,13,14). The number of carbonyl (C=O) groups excluding carboxylic acids is 1. The van der Waals surface area contributed by atoms with Gasteiger partial charge < -0.3 is 0 Å². The van der Waals surface area contributed by atoms with Crippen molar-refractivity contribution < 1.29 is 4.79 Å². The Morgan fingerprint density at radius 3 is 2.64 bits per heavy atom. The van der Waals surface area contributed by atoms with Gasteiger partial charge in [-0.3, -0.25) is 15.6 Å². The van der Waals surface area contributed by atoms with Crippen molar-refractivity contribution in [2.45, 2.75) is 20.8 Å². The zero-order valence-corrected chi connectivity index (χ0v) is 8.79. The van der Waals surface area contributed by atoms with E-state index in [1.54, 1.807) is 0 Å². The highest BCUT2D eigenvalue weighted by atomic mass is 16.2. The Morgan fingerprint density at radius 1 is 1.36 bits per heavy atom. The zero-order valence-electron chi connectivity index (χ0n) is 8.79. The van der Waals surface area contributed by atoms with Crippen LogP contribution in [0.1, 0.15) is 19.4 Å². The second kappa shape index (κ2) is 4.65. The van der Waals surface area contributed by atoms with Crippen LogP contribution in [-0.2, 0) is 4.79 Å². The molecule has 0 heterocycles. The van der Waals surface area contributed by atoms with Gasteiger partial charge in [-0.2, -0.15) is 0 Å². The van der Waals surface area contributed by atoms with Crippen LogP contribution in [0.5, 0.6) is 0 Å². The molecule has 0 aromatic heterocycles. The topological polar surface area (TPSA) is 41.1 Å². The van der Waals surface area contributed by atoms with Crippen LogP contribution < -0.4 is 10.9 Å². The molecule has 0 aliphatic heterocycles. The molecule has 1 rings (SSSR count). The van der Waals surface area contributed by atoms with Crippen LogP contribution in [0.25, 0.3) is 0 Å². The van der Waals surface area contributed by atoms with Gasteiger partial charge in [0.2, 0.25) is 5.91 Å². The summed E-state index contributed by atoms with van der Waals surface area (Å²) in [5, 5.41) is 0. The van der Waals surface area contributed by atoms with Crippen molar-refractivity contribution in [3.63, 3.8) is 0 Å². The van der Waals surface area contributed by atoms with Crippen LogP contribution in [0.4, 0.5) is 5.69 Å². The summed E-state index contributed by atoms with van der Waals surface area (Å²) < 4.78 is 0. The number of hydrazine groups is 1. The molecule has 3 heteroatoms. The average molecular weight is 192 g/mol. The summed E-state index contributed by atoms with van der Waals surface area (Å²) in [6.45, 7) is 5.72. The Bertz CT molecular complexity index is 321. The fraction of sp³-hybridized carbons (Fsp3) is 0.364. The number of anilines is 1. The van der Waals surface area contributed by atoms with E-state index in [-0.39, 0.29) is 11.8 Å². The molecule has 0 aliphatic rings. The lowest BCUT2D eigenvalue weighted by Gasteiger charge is -2.10. The summed E-state index contributed by atoms with van der Waals surface area (Å²) in [5.41, 5.74) is 7.57. The number of rotatable bonds is 3. The van der Waals surface area contributed by atoms with Gasteiger partial charge in [0.25, 0.3) is 0 Å². The van der Waals surface area contributed by atoms with E-state index in [2.05, 4.69) is 10.9 Å². The normalized spacial score (nSPS) is 10.0. The van der Waals surface area contributed by atoms with Crippen LogP contribution >= 0.6 is 0 Å². The highest BCUT2D eigenvalue weighted by molar-refractivity contribution is 5.79. The molecule has 1 amide bonds.